The van der Waals surface area contributed by atoms with Crippen LogP contribution in [0.2, 0.25) is 5.02 Å². The molecule has 0 aliphatic heterocycles. The number of benzene rings is 3. The van der Waals surface area contributed by atoms with Gasteiger partial charge in [0.05, 0.1) is 28.3 Å². The number of nitrogens with one attached hydrogen (secondary N) is 2. The maximum Gasteiger partial charge on any atom is 0.264 e. The zero-order valence-corrected chi connectivity index (χ0v) is 23.1. The van der Waals surface area contributed by atoms with Crippen LogP contribution in [0, 0.1) is 6.92 Å². The Morgan fingerprint density at radius 1 is 0.973 bits per heavy atom. The fourth-order valence-corrected chi connectivity index (χ4v) is 6.48. The normalized spacial score (nSPS) is 11.8. The third kappa shape index (κ3) is 6.61. The molecule has 0 bridgehead atoms. The Morgan fingerprint density at radius 3 is 2.27 bits per heavy atom. The Labute approximate surface area is 222 Å². The fourth-order valence-electron chi connectivity index (χ4n) is 3.54. The lowest BCUT2D eigenvalue weighted by molar-refractivity contribution is -0.114. The predicted molar refractivity (Wildman–Crippen MR) is 144 cm³/mol. The van der Waals surface area contributed by atoms with E-state index in [4.69, 9.17) is 16.3 Å². The number of halogens is 1. The fraction of sp³-hybridized carbons (Fsp3) is 0.240. The van der Waals surface area contributed by atoms with Gasteiger partial charge in [-0.2, -0.15) is 0 Å². The number of anilines is 2. The van der Waals surface area contributed by atoms with E-state index in [2.05, 4.69) is 10.0 Å². The van der Waals surface area contributed by atoms with Crippen molar-refractivity contribution in [2.24, 2.45) is 0 Å². The average Bonchev–Trinajstić information content (AvgIpc) is 2.84. The second kappa shape index (κ2) is 11.5. The van der Waals surface area contributed by atoms with Gasteiger partial charge in [-0.3, -0.25) is 9.10 Å². The molecule has 0 spiro atoms. The summed E-state index contributed by atoms with van der Waals surface area (Å²) in [6, 6.07) is 16.1. The monoisotopic (exact) mass is 565 g/mol. The molecule has 9 nitrogen and oxygen atoms in total. The van der Waals surface area contributed by atoms with Crippen LogP contribution in [0.5, 0.6) is 5.75 Å². The number of carbonyl (C=O) groups is 1. The van der Waals surface area contributed by atoms with Crippen molar-refractivity contribution in [2.75, 3.05) is 23.3 Å². The van der Waals surface area contributed by atoms with Crippen LogP contribution in [0.25, 0.3) is 0 Å². The molecule has 0 saturated heterocycles. The first-order valence-corrected chi connectivity index (χ1v) is 14.5. The van der Waals surface area contributed by atoms with Crippen molar-refractivity contribution in [3.05, 3.63) is 77.3 Å². The Kier molecular flexibility index (Phi) is 8.85. The highest BCUT2D eigenvalue weighted by Gasteiger charge is 2.29. The molecule has 0 atom stereocenters. The molecule has 2 N–H and O–H groups in total. The number of sulfonamides is 2. The van der Waals surface area contributed by atoms with E-state index < -0.39 is 32.5 Å². The van der Waals surface area contributed by atoms with E-state index in [9.17, 15) is 21.6 Å². The molecular weight excluding hydrogens is 538 g/mol. The highest BCUT2D eigenvalue weighted by Crippen LogP contribution is 2.32. The summed E-state index contributed by atoms with van der Waals surface area (Å²) < 4.78 is 61.2. The van der Waals surface area contributed by atoms with Gasteiger partial charge < -0.3 is 10.1 Å². The van der Waals surface area contributed by atoms with E-state index in [0.29, 0.717) is 10.6 Å². The van der Waals surface area contributed by atoms with Crippen LogP contribution in [0.3, 0.4) is 0 Å². The molecule has 198 valence electrons. The zero-order chi connectivity index (χ0) is 27.4. The lowest BCUT2D eigenvalue weighted by Crippen LogP contribution is -2.38. The summed E-state index contributed by atoms with van der Waals surface area (Å²) in [5, 5.41) is 2.93. The van der Waals surface area contributed by atoms with Crippen LogP contribution in [-0.4, -0.2) is 42.4 Å². The molecule has 0 saturated carbocycles. The van der Waals surface area contributed by atoms with Gasteiger partial charge in [0.25, 0.3) is 10.0 Å². The van der Waals surface area contributed by atoms with Crippen LogP contribution in [0.1, 0.15) is 19.4 Å². The van der Waals surface area contributed by atoms with Gasteiger partial charge in [-0.25, -0.2) is 21.6 Å². The second-order valence-electron chi connectivity index (χ2n) is 8.39. The Bertz CT molecular complexity index is 1490. The average molecular weight is 566 g/mol. The largest absolute Gasteiger partial charge is 0.495 e. The molecule has 0 fully saturated rings. The first kappa shape index (κ1) is 28.5. The summed E-state index contributed by atoms with van der Waals surface area (Å²) in [7, 11) is -6.65. The van der Waals surface area contributed by atoms with E-state index in [1.807, 2.05) is 0 Å². The van der Waals surface area contributed by atoms with Crippen molar-refractivity contribution >= 4 is 48.9 Å². The third-order valence-corrected chi connectivity index (χ3v) is 9.11. The number of methoxy groups -OCH3 is 1. The summed E-state index contributed by atoms with van der Waals surface area (Å²) in [4.78, 5) is 13.1. The first-order valence-electron chi connectivity index (χ1n) is 11.2. The quantitative estimate of drug-likeness (QED) is 0.380. The molecule has 0 aliphatic rings. The third-order valence-electron chi connectivity index (χ3n) is 5.27. The van der Waals surface area contributed by atoms with Crippen molar-refractivity contribution in [3.8, 4) is 5.75 Å². The van der Waals surface area contributed by atoms with Gasteiger partial charge in [0, 0.05) is 11.1 Å². The summed E-state index contributed by atoms with van der Waals surface area (Å²) >= 11 is 6.25. The molecule has 12 heteroatoms. The summed E-state index contributed by atoms with van der Waals surface area (Å²) in [6.07, 6.45) is 0. The van der Waals surface area contributed by atoms with Gasteiger partial charge in [-0.05, 0) is 68.8 Å². The lowest BCUT2D eigenvalue weighted by atomic mass is 10.2. The molecule has 3 aromatic carbocycles. The minimum Gasteiger partial charge on any atom is -0.495 e. The lowest BCUT2D eigenvalue weighted by Gasteiger charge is -2.26. The van der Waals surface area contributed by atoms with Crippen molar-refractivity contribution in [3.63, 3.8) is 0 Å². The zero-order valence-electron chi connectivity index (χ0n) is 20.7. The molecule has 37 heavy (non-hydrogen) atoms. The molecule has 3 rings (SSSR count). The molecular formula is C25H28ClN3O6S2. The summed E-state index contributed by atoms with van der Waals surface area (Å²) in [5.41, 5.74) is 0.775. The molecule has 0 aliphatic carbocycles. The number of nitrogens with zero attached hydrogens (tertiary/aromatic N) is 1. The summed E-state index contributed by atoms with van der Waals surface area (Å²) in [6.45, 7) is 4.41. The van der Waals surface area contributed by atoms with E-state index in [1.54, 1.807) is 57.2 Å². The minimum absolute atomic E-state index is 0.00685. The molecule has 1 amide bonds. The van der Waals surface area contributed by atoms with Crippen LogP contribution < -0.4 is 19.1 Å². The predicted octanol–water partition coefficient (Wildman–Crippen LogP) is 4.18. The Balaban J connectivity index is 2.01. The highest BCUT2D eigenvalue weighted by atomic mass is 35.5. The van der Waals surface area contributed by atoms with Crippen LogP contribution >= 0.6 is 11.6 Å². The van der Waals surface area contributed by atoms with Crippen molar-refractivity contribution in [1.29, 1.82) is 0 Å². The van der Waals surface area contributed by atoms with Gasteiger partial charge in [0.15, 0.2) is 0 Å². The molecule has 0 unspecified atom stereocenters. The number of hydrogen-bond donors (Lipinski definition) is 2. The van der Waals surface area contributed by atoms with E-state index in [-0.39, 0.29) is 33.0 Å². The Hall–Kier alpha value is -3.12. The van der Waals surface area contributed by atoms with Crippen molar-refractivity contribution in [1.82, 2.24) is 4.72 Å². The van der Waals surface area contributed by atoms with Crippen molar-refractivity contribution < 1.29 is 26.4 Å². The number of hydrogen-bond acceptors (Lipinski definition) is 6. The van der Waals surface area contributed by atoms with E-state index in [1.165, 1.54) is 37.4 Å². The topological polar surface area (TPSA) is 122 Å². The van der Waals surface area contributed by atoms with Gasteiger partial charge in [0.2, 0.25) is 15.9 Å². The molecule has 3 aromatic rings. The SMILES string of the molecule is COc1ccc(S(=O)(=O)NC(C)C)cc1NC(=O)CN(c1cccc(Cl)c1C)S(=O)(=O)c1ccccc1. The number of ether oxygens (including phenoxy) is 1. The van der Waals surface area contributed by atoms with Crippen LogP contribution in [-0.2, 0) is 24.8 Å². The summed E-state index contributed by atoms with van der Waals surface area (Å²) in [5.74, 6) is -0.517. The van der Waals surface area contributed by atoms with Crippen LogP contribution in [0.4, 0.5) is 11.4 Å². The van der Waals surface area contributed by atoms with Gasteiger partial charge >= 0.3 is 0 Å². The number of carbonyl (C=O) groups excluding carboxylic acids is 1. The minimum atomic E-state index is -4.16. The van der Waals surface area contributed by atoms with E-state index >= 15 is 0 Å². The van der Waals surface area contributed by atoms with Gasteiger partial charge in [-0.15, -0.1) is 0 Å². The first-order chi connectivity index (χ1) is 17.4. The number of amides is 1. The smallest absolute Gasteiger partial charge is 0.264 e. The maximum absolute atomic E-state index is 13.6. The maximum atomic E-state index is 13.6. The van der Waals surface area contributed by atoms with Crippen LogP contribution in [0.15, 0.2) is 76.5 Å². The highest BCUT2D eigenvalue weighted by molar-refractivity contribution is 7.93. The van der Waals surface area contributed by atoms with Crippen molar-refractivity contribution in [2.45, 2.75) is 36.6 Å². The molecule has 0 aromatic heterocycles. The van der Waals surface area contributed by atoms with Gasteiger partial charge in [-0.1, -0.05) is 35.9 Å². The molecule has 0 heterocycles. The van der Waals surface area contributed by atoms with E-state index in [0.717, 1.165) is 4.31 Å². The molecule has 0 radical (unpaired) electrons. The standard InChI is InChI=1S/C25H28ClN3O6S2/c1-17(2)28-36(31,32)20-13-14-24(35-4)22(15-20)27-25(30)16-29(23-12-8-11-21(26)18(23)3)37(33,34)19-9-6-5-7-10-19/h5-15,17,28H,16H2,1-4H3,(H,27,30). The van der Waals surface area contributed by atoms with Gasteiger partial charge in [0.1, 0.15) is 12.3 Å². The Morgan fingerprint density at radius 2 is 1.65 bits per heavy atom. The second-order valence-corrected chi connectivity index (χ2v) is 12.4. The number of rotatable bonds is 10.